The second-order valence-electron chi connectivity index (χ2n) is 6.19. The Balaban J connectivity index is 1.82. The van der Waals surface area contributed by atoms with E-state index in [2.05, 4.69) is 10.6 Å². The van der Waals surface area contributed by atoms with E-state index in [1.165, 1.54) is 0 Å². The van der Waals surface area contributed by atoms with Crippen molar-refractivity contribution in [2.75, 3.05) is 6.54 Å². The van der Waals surface area contributed by atoms with Crippen LogP contribution in [-0.4, -0.2) is 23.8 Å². The molecule has 1 aromatic carbocycles. The van der Waals surface area contributed by atoms with Crippen molar-refractivity contribution in [3.63, 3.8) is 0 Å². The number of hydrogen-bond acceptors (Lipinski definition) is 2. The van der Waals surface area contributed by atoms with Crippen LogP contribution in [-0.2, 0) is 6.54 Å². The van der Waals surface area contributed by atoms with E-state index in [0.29, 0.717) is 6.54 Å². The number of urea groups is 1. The van der Waals surface area contributed by atoms with Gasteiger partial charge in [-0.2, -0.15) is 0 Å². The molecule has 0 radical (unpaired) electrons. The Morgan fingerprint density at radius 2 is 2.14 bits per heavy atom. The fraction of sp³-hybridized carbons (Fsp3) is 0.562. The summed E-state index contributed by atoms with van der Waals surface area (Å²) < 4.78 is 26.5. The maximum Gasteiger partial charge on any atom is 0.315 e. The second kappa shape index (κ2) is 7.05. The van der Waals surface area contributed by atoms with Crippen LogP contribution in [0.5, 0.6) is 0 Å². The molecule has 6 heteroatoms. The molecule has 0 bridgehead atoms. The molecule has 2 amide bonds. The number of aliphatic hydroxyl groups is 1. The molecule has 1 aliphatic rings. The van der Waals surface area contributed by atoms with E-state index in [1.54, 1.807) is 0 Å². The third-order valence-electron chi connectivity index (χ3n) is 4.38. The lowest BCUT2D eigenvalue weighted by Crippen LogP contribution is -2.47. The van der Waals surface area contributed by atoms with Gasteiger partial charge in [0.15, 0.2) is 0 Å². The summed E-state index contributed by atoms with van der Waals surface area (Å²) in [5, 5.41) is 15.3. The van der Waals surface area contributed by atoms with Gasteiger partial charge in [0.1, 0.15) is 11.6 Å². The van der Waals surface area contributed by atoms with Gasteiger partial charge in [-0.05, 0) is 31.0 Å². The molecule has 0 aliphatic heterocycles. The monoisotopic (exact) mass is 312 g/mol. The van der Waals surface area contributed by atoms with Gasteiger partial charge in [-0.1, -0.05) is 19.8 Å². The highest BCUT2D eigenvalue weighted by atomic mass is 19.1. The molecule has 0 heterocycles. The molecular weight excluding hydrogens is 290 g/mol. The van der Waals surface area contributed by atoms with Crippen LogP contribution in [0.3, 0.4) is 0 Å². The van der Waals surface area contributed by atoms with E-state index in [4.69, 9.17) is 0 Å². The Morgan fingerprint density at radius 1 is 1.36 bits per heavy atom. The van der Waals surface area contributed by atoms with Crippen molar-refractivity contribution >= 4 is 6.03 Å². The number of benzene rings is 1. The summed E-state index contributed by atoms with van der Waals surface area (Å²) in [4.78, 5) is 11.8. The van der Waals surface area contributed by atoms with Gasteiger partial charge >= 0.3 is 6.03 Å². The van der Waals surface area contributed by atoms with Crippen LogP contribution in [0.25, 0.3) is 0 Å². The van der Waals surface area contributed by atoms with Crippen molar-refractivity contribution in [1.82, 2.24) is 10.6 Å². The minimum Gasteiger partial charge on any atom is -0.392 e. The van der Waals surface area contributed by atoms with Gasteiger partial charge in [0.2, 0.25) is 0 Å². The summed E-state index contributed by atoms with van der Waals surface area (Å²) in [6, 6.07) is 2.66. The van der Waals surface area contributed by atoms with Crippen LogP contribution in [0.1, 0.15) is 38.2 Å². The molecular formula is C16H22F2N2O2. The first-order chi connectivity index (χ1) is 10.4. The third-order valence-corrected chi connectivity index (χ3v) is 4.38. The van der Waals surface area contributed by atoms with Crippen molar-refractivity contribution in [3.05, 3.63) is 35.4 Å². The normalized spacial score (nSPS) is 24.8. The summed E-state index contributed by atoms with van der Waals surface area (Å²) in [7, 11) is 0. The predicted molar refractivity (Wildman–Crippen MR) is 79.2 cm³/mol. The van der Waals surface area contributed by atoms with Crippen LogP contribution in [0.15, 0.2) is 18.2 Å². The minimum absolute atomic E-state index is 0.0886. The molecule has 0 saturated heterocycles. The summed E-state index contributed by atoms with van der Waals surface area (Å²) in [6.45, 7) is 2.21. The van der Waals surface area contributed by atoms with Gasteiger partial charge in [0.05, 0.1) is 6.10 Å². The largest absolute Gasteiger partial charge is 0.392 e. The molecule has 22 heavy (non-hydrogen) atoms. The molecule has 0 spiro atoms. The summed E-state index contributed by atoms with van der Waals surface area (Å²) in [6.07, 6.45) is 3.20. The van der Waals surface area contributed by atoms with Gasteiger partial charge < -0.3 is 15.7 Å². The maximum atomic E-state index is 13.4. The number of halogens is 2. The smallest absolute Gasteiger partial charge is 0.315 e. The molecule has 4 nitrogen and oxygen atoms in total. The van der Waals surface area contributed by atoms with Crippen molar-refractivity contribution in [1.29, 1.82) is 0 Å². The van der Waals surface area contributed by atoms with Crippen LogP contribution < -0.4 is 10.6 Å². The Labute approximate surface area is 128 Å². The predicted octanol–water partition coefficient (Wildman–Crippen LogP) is 2.71. The Morgan fingerprint density at radius 3 is 2.86 bits per heavy atom. The lowest BCUT2D eigenvalue weighted by molar-refractivity contribution is 0.00308. The molecule has 0 aromatic heterocycles. The van der Waals surface area contributed by atoms with Gasteiger partial charge in [-0.15, -0.1) is 0 Å². The summed E-state index contributed by atoms with van der Waals surface area (Å²) >= 11 is 0. The number of amides is 2. The van der Waals surface area contributed by atoms with Gasteiger partial charge in [-0.25, -0.2) is 13.6 Å². The third kappa shape index (κ3) is 4.16. The Bertz CT molecular complexity index is 539. The van der Waals surface area contributed by atoms with Crippen LogP contribution in [0.2, 0.25) is 0 Å². The van der Waals surface area contributed by atoms with Gasteiger partial charge in [0.25, 0.3) is 0 Å². The molecule has 2 unspecified atom stereocenters. The number of nitrogens with one attached hydrogen (secondary N) is 2. The first kappa shape index (κ1) is 16.7. The number of carbonyl (C=O) groups excluding carboxylic acids is 1. The first-order valence-electron chi connectivity index (χ1n) is 7.54. The number of carbonyl (C=O) groups is 1. The van der Waals surface area contributed by atoms with Crippen molar-refractivity contribution in [2.24, 2.45) is 5.41 Å². The zero-order valence-electron chi connectivity index (χ0n) is 12.7. The maximum absolute atomic E-state index is 13.4. The molecule has 3 N–H and O–H groups in total. The van der Waals surface area contributed by atoms with E-state index in [1.807, 2.05) is 6.92 Å². The lowest BCUT2D eigenvalue weighted by atomic mass is 9.73. The van der Waals surface area contributed by atoms with Crippen LogP contribution in [0.4, 0.5) is 13.6 Å². The summed E-state index contributed by atoms with van der Waals surface area (Å²) in [5.41, 5.74) is -0.237. The van der Waals surface area contributed by atoms with E-state index >= 15 is 0 Å². The van der Waals surface area contributed by atoms with Gasteiger partial charge in [0, 0.05) is 24.1 Å². The SMILES string of the molecule is CC1(CNC(=O)NCc2cc(F)ccc2F)CCCCC1O. The molecule has 2 atom stereocenters. The van der Waals surface area contributed by atoms with Crippen LogP contribution in [0, 0.1) is 17.0 Å². The quantitative estimate of drug-likeness (QED) is 0.800. The highest BCUT2D eigenvalue weighted by molar-refractivity contribution is 5.73. The van der Waals surface area contributed by atoms with E-state index in [9.17, 15) is 18.7 Å². The van der Waals surface area contributed by atoms with Crippen molar-refractivity contribution in [2.45, 2.75) is 45.3 Å². The molecule has 122 valence electrons. The zero-order valence-corrected chi connectivity index (χ0v) is 12.7. The Hall–Kier alpha value is -1.69. The fourth-order valence-electron chi connectivity index (χ4n) is 2.79. The first-order valence-corrected chi connectivity index (χ1v) is 7.54. The zero-order chi connectivity index (χ0) is 16.2. The van der Waals surface area contributed by atoms with E-state index in [0.717, 1.165) is 43.9 Å². The second-order valence-corrected chi connectivity index (χ2v) is 6.19. The minimum atomic E-state index is -0.559. The van der Waals surface area contributed by atoms with Crippen LogP contribution >= 0.6 is 0 Å². The number of aliphatic hydroxyl groups excluding tert-OH is 1. The topological polar surface area (TPSA) is 61.4 Å². The van der Waals surface area contributed by atoms with E-state index < -0.39 is 23.8 Å². The lowest BCUT2D eigenvalue weighted by Gasteiger charge is -2.38. The Kier molecular flexibility index (Phi) is 5.34. The van der Waals surface area contributed by atoms with E-state index in [-0.39, 0.29) is 17.5 Å². The average Bonchev–Trinajstić information content (AvgIpc) is 2.49. The van der Waals surface area contributed by atoms with Crippen molar-refractivity contribution in [3.8, 4) is 0 Å². The van der Waals surface area contributed by atoms with Crippen molar-refractivity contribution < 1.29 is 18.7 Å². The van der Waals surface area contributed by atoms with Gasteiger partial charge in [-0.3, -0.25) is 0 Å². The standard InChI is InChI=1S/C16H22F2N2O2/c1-16(7-3-2-4-14(16)21)10-20-15(22)19-9-11-8-12(17)5-6-13(11)18/h5-6,8,14,21H,2-4,7,9-10H2,1H3,(H2,19,20,22). The molecule has 1 fully saturated rings. The fourth-order valence-corrected chi connectivity index (χ4v) is 2.79. The molecule has 2 rings (SSSR count). The highest BCUT2D eigenvalue weighted by Crippen LogP contribution is 2.35. The number of rotatable bonds is 4. The number of hydrogen-bond donors (Lipinski definition) is 3. The molecule has 1 aromatic rings. The highest BCUT2D eigenvalue weighted by Gasteiger charge is 2.35. The summed E-state index contributed by atoms with van der Waals surface area (Å²) in [5.74, 6) is -1.10. The molecule has 1 saturated carbocycles. The molecule has 1 aliphatic carbocycles. The average molecular weight is 312 g/mol.